The number of ether oxygens (including phenoxy) is 2. The van der Waals surface area contributed by atoms with Crippen molar-refractivity contribution in [2.24, 2.45) is 0 Å². The molecule has 0 aliphatic carbocycles. The van der Waals surface area contributed by atoms with Gasteiger partial charge in [0.25, 0.3) is 0 Å². The van der Waals surface area contributed by atoms with Crippen molar-refractivity contribution in [1.82, 2.24) is 10.2 Å². The van der Waals surface area contributed by atoms with Gasteiger partial charge in [0, 0.05) is 25.9 Å². The Bertz CT molecular complexity index is 689. The van der Waals surface area contributed by atoms with Crippen molar-refractivity contribution in [3.8, 4) is 11.5 Å². The number of nitrogens with one attached hydrogen (secondary N) is 1. The minimum atomic E-state index is -3.21. The van der Waals surface area contributed by atoms with E-state index in [1.165, 1.54) is 11.2 Å². The van der Waals surface area contributed by atoms with Crippen LogP contribution in [0.4, 0.5) is 4.79 Å². The van der Waals surface area contributed by atoms with Gasteiger partial charge in [0.2, 0.25) is 6.79 Å². The van der Waals surface area contributed by atoms with E-state index in [4.69, 9.17) is 9.47 Å². The number of hydrogen-bond donors (Lipinski definition) is 1. The lowest BCUT2D eigenvalue weighted by Gasteiger charge is -2.29. The first-order chi connectivity index (χ1) is 10.7. The molecule has 2 amide bonds. The lowest BCUT2D eigenvalue weighted by Crippen LogP contribution is -2.48. The van der Waals surface area contributed by atoms with Gasteiger partial charge in [-0.1, -0.05) is 6.07 Å². The Morgan fingerprint density at radius 3 is 2.61 bits per heavy atom. The van der Waals surface area contributed by atoms with Crippen LogP contribution in [0.15, 0.2) is 18.2 Å². The number of carbonyl (C=O) groups excluding carboxylic acids is 1. The number of carbonyl (C=O) groups is 1. The maximum Gasteiger partial charge on any atom is 0.317 e. The predicted molar refractivity (Wildman–Crippen MR) is 86.3 cm³/mol. The number of rotatable bonds is 5. The molecule has 1 aliphatic heterocycles. The van der Waals surface area contributed by atoms with Crippen LogP contribution in [-0.2, 0) is 16.4 Å². The van der Waals surface area contributed by atoms with Gasteiger partial charge < -0.3 is 19.7 Å². The molecule has 0 aromatic heterocycles. The standard InChI is InChI=1S/C15H22N2O5S/c1-10(11(2)23(4,19)20)17(3)15(18)16-8-12-5-6-13-14(7-12)22-9-21-13/h5-7,10-11H,8-9H2,1-4H3,(H,16,18)/t10-,11+/m0/s1. The van der Waals surface area contributed by atoms with Crippen molar-refractivity contribution in [3.05, 3.63) is 23.8 Å². The average molecular weight is 342 g/mol. The number of fused-ring (bicyclic) bond motifs is 1. The van der Waals surface area contributed by atoms with Crippen LogP contribution in [0, 0.1) is 0 Å². The SMILES string of the molecule is C[C@H]([C@H](C)N(C)C(=O)NCc1ccc2c(c1)OCO2)S(C)(=O)=O. The lowest BCUT2D eigenvalue weighted by molar-refractivity contribution is 0.174. The van der Waals surface area contributed by atoms with Gasteiger partial charge in [-0.05, 0) is 31.5 Å². The molecule has 1 aromatic rings. The summed E-state index contributed by atoms with van der Waals surface area (Å²) in [6, 6.07) is 4.69. The van der Waals surface area contributed by atoms with Crippen LogP contribution in [0.5, 0.6) is 11.5 Å². The number of benzene rings is 1. The maximum atomic E-state index is 12.2. The summed E-state index contributed by atoms with van der Waals surface area (Å²) < 4.78 is 33.7. The topological polar surface area (TPSA) is 84.9 Å². The van der Waals surface area contributed by atoms with E-state index in [-0.39, 0.29) is 12.8 Å². The molecule has 1 heterocycles. The van der Waals surface area contributed by atoms with E-state index >= 15 is 0 Å². The van der Waals surface area contributed by atoms with Crippen LogP contribution < -0.4 is 14.8 Å². The number of hydrogen-bond acceptors (Lipinski definition) is 5. The van der Waals surface area contributed by atoms with Crippen molar-refractivity contribution < 1.29 is 22.7 Å². The normalized spacial score (nSPS) is 15.8. The van der Waals surface area contributed by atoms with Crippen molar-refractivity contribution >= 4 is 15.9 Å². The molecule has 23 heavy (non-hydrogen) atoms. The van der Waals surface area contributed by atoms with Gasteiger partial charge in [-0.25, -0.2) is 13.2 Å². The van der Waals surface area contributed by atoms with Crippen LogP contribution >= 0.6 is 0 Å². The van der Waals surface area contributed by atoms with Gasteiger partial charge in [-0.15, -0.1) is 0 Å². The van der Waals surface area contributed by atoms with Crippen molar-refractivity contribution in [2.75, 3.05) is 20.1 Å². The van der Waals surface area contributed by atoms with E-state index in [0.717, 1.165) is 5.56 Å². The largest absolute Gasteiger partial charge is 0.454 e. The Morgan fingerprint density at radius 1 is 1.30 bits per heavy atom. The average Bonchev–Trinajstić information content (AvgIpc) is 2.96. The molecule has 0 fully saturated rings. The highest BCUT2D eigenvalue weighted by molar-refractivity contribution is 7.91. The predicted octanol–water partition coefficient (Wildman–Crippen LogP) is 1.38. The fraction of sp³-hybridized carbons (Fsp3) is 0.533. The Labute approximate surface area is 136 Å². The fourth-order valence-electron chi connectivity index (χ4n) is 2.21. The first-order valence-corrected chi connectivity index (χ1v) is 9.23. The van der Waals surface area contributed by atoms with E-state index in [9.17, 15) is 13.2 Å². The van der Waals surface area contributed by atoms with E-state index in [1.54, 1.807) is 27.0 Å². The van der Waals surface area contributed by atoms with Crippen molar-refractivity contribution in [2.45, 2.75) is 31.7 Å². The summed E-state index contributed by atoms with van der Waals surface area (Å²) in [5.41, 5.74) is 0.875. The van der Waals surface area contributed by atoms with E-state index < -0.39 is 21.1 Å². The molecule has 1 N–H and O–H groups in total. The van der Waals surface area contributed by atoms with Gasteiger partial charge in [0.15, 0.2) is 21.3 Å². The Balaban J connectivity index is 1.94. The van der Waals surface area contributed by atoms with Gasteiger partial charge in [-0.2, -0.15) is 0 Å². The Hall–Kier alpha value is -1.96. The second-order valence-corrected chi connectivity index (χ2v) is 8.14. The molecule has 1 aromatic carbocycles. The third-order valence-electron chi connectivity index (χ3n) is 4.17. The van der Waals surface area contributed by atoms with E-state index in [1.807, 2.05) is 12.1 Å². The number of nitrogens with zero attached hydrogens (tertiary/aromatic N) is 1. The number of amides is 2. The molecule has 7 nitrogen and oxygen atoms in total. The molecular weight excluding hydrogens is 320 g/mol. The molecule has 0 saturated carbocycles. The highest BCUT2D eigenvalue weighted by Crippen LogP contribution is 2.32. The van der Waals surface area contributed by atoms with Crippen LogP contribution in [0.1, 0.15) is 19.4 Å². The molecule has 0 bridgehead atoms. The molecule has 8 heteroatoms. The summed E-state index contributed by atoms with van der Waals surface area (Å²) in [7, 11) is -1.62. The van der Waals surface area contributed by atoms with Crippen molar-refractivity contribution in [1.29, 1.82) is 0 Å². The first kappa shape index (κ1) is 17.4. The Morgan fingerprint density at radius 2 is 1.96 bits per heavy atom. The first-order valence-electron chi connectivity index (χ1n) is 7.28. The third-order valence-corrected chi connectivity index (χ3v) is 5.91. The maximum absolute atomic E-state index is 12.2. The summed E-state index contributed by atoms with van der Waals surface area (Å²) in [6.45, 7) is 3.84. The minimum absolute atomic E-state index is 0.203. The van der Waals surface area contributed by atoms with Gasteiger partial charge in [-0.3, -0.25) is 0 Å². The van der Waals surface area contributed by atoms with Crippen molar-refractivity contribution in [3.63, 3.8) is 0 Å². The summed E-state index contributed by atoms with van der Waals surface area (Å²) in [5.74, 6) is 1.34. The van der Waals surface area contributed by atoms with Gasteiger partial charge in [0.05, 0.1) is 5.25 Å². The van der Waals surface area contributed by atoms with Crippen LogP contribution in [0.25, 0.3) is 0 Å². The molecule has 0 radical (unpaired) electrons. The minimum Gasteiger partial charge on any atom is -0.454 e. The molecule has 2 atom stereocenters. The van der Waals surface area contributed by atoms with E-state index in [0.29, 0.717) is 18.0 Å². The molecular formula is C15H22N2O5S. The second-order valence-electron chi connectivity index (χ2n) is 5.73. The zero-order valence-corrected chi connectivity index (χ0v) is 14.5. The molecule has 0 saturated heterocycles. The molecule has 2 rings (SSSR count). The zero-order valence-electron chi connectivity index (χ0n) is 13.7. The summed E-state index contributed by atoms with van der Waals surface area (Å²) in [4.78, 5) is 13.6. The molecule has 1 aliphatic rings. The Kier molecular flexibility index (Phi) is 5.03. The van der Waals surface area contributed by atoms with Crippen LogP contribution in [0.3, 0.4) is 0 Å². The number of sulfone groups is 1. The highest BCUT2D eigenvalue weighted by atomic mass is 32.2. The van der Waals surface area contributed by atoms with E-state index in [2.05, 4.69) is 5.32 Å². The molecule has 0 unspecified atom stereocenters. The smallest absolute Gasteiger partial charge is 0.317 e. The van der Waals surface area contributed by atoms with Gasteiger partial charge in [0.1, 0.15) is 0 Å². The fourth-order valence-corrected chi connectivity index (χ4v) is 3.11. The second kappa shape index (κ2) is 6.66. The monoisotopic (exact) mass is 342 g/mol. The highest BCUT2D eigenvalue weighted by Gasteiger charge is 2.28. The lowest BCUT2D eigenvalue weighted by atomic mass is 10.2. The molecule has 0 spiro atoms. The quantitative estimate of drug-likeness (QED) is 0.874. The summed E-state index contributed by atoms with van der Waals surface area (Å²) >= 11 is 0. The third kappa shape index (κ3) is 4.07. The number of urea groups is 1. The molecule has 128 valence electrons. The van der Waals surface area contributed by atoms with Gasteiger partial charge >= 0.3 is 6.03 Å². The van der Waals surface area contributed by atoms with Crippen LogP contribution in [-0.4, -0.2) is 50.7 Å². The summed E-state index contributed by atoms with van der Waals surface area (Å²) in [6.07, 6.45) is 1.17. The summed E-state index contributed by atoms with van der Waals surface area (Å²) in [5, 5.41) is 2.14. The zero-order chi connectivity index (χ0) is 17.2. The van der Waals surface area contributed by atoms with Crippen LogP contribution in [0.2, 0.25) is 0 Å².